The second-order valence-electron chi connectivity index (χ2n) is 6.36. The molecule has 0 radical (unpaired) electrons. The first-order chi connectivity index (χ1) is 12.7. The molecule has 0 aliphatic carbocycles. The fourth-order valence-electron chi connectivity index (χ4n) is 3.00. The number of nitrogens with zero attached hydrogens (tertiary/aromatic N) is 3. The van der Waals surface area contributed by atoms with Crippen molar-refractivity contribution in [3.05, 3.63) is 28.8 Å². The summed E-state index contributed by atoms with van der Waals surface area (Å²) in [6.07, 6.45) is 2.02. The summed E-state index contributed by atoms with van der Waals surface area (Å²) in [7, 11) is 1.89. The maximum absolute atomic E-state index is 12.2. The summed E-state index contributed by atoms with van der Waals surface area (Å²) in [5.74, 6) is 1.38. The molecular formula is C17H20N4O4S. The number of rotatable bonds is 6. The Bertz CT molecular complexity index is 791. The molecule has 3 heterocycles. The molecule has 2 aliphatic rings. The van der Waals surface area contributed by atoms with E-state index in [1.807, 2.05) is 30.1 Å². The number of anilines is 1. The molecular weight excluding hydrogens is 356 g/mol. The van der Waals surface area contributed by atoms with Crippen molar-refractivity contribution in [1.29, 1.82) is 0 Å². The van der Waals surface area contributed by atoms with Gasteiger partial charge in [-0.3, -0.25) is 15.0 Å². The van der Waals surface area contributed by atoms with E-state index in [2.05, 4.69) is 15.5 Å². The van der Waals surface area contributed by atoms with Crippen molar-refractivity contribution in [3.8, 4) is 11.5 Å². The molecule has 1 saturated heterocycles. The van der Waals surface area contributed by atoms with Gasteiger partial charge >= 0.3 is 0 Å². The van der Waals surface area contributed by atoms with E-state index in [0.29, 0.717) is 11.7 Å². The molecule has 0 bridgehead atoms. The lowest BCUT2D eigenvalue weighted by atomic mass is 10.2. The Kier molecular flexibility index (Phi) is 5.00. The van der Waals surface area contributed by atoms with Crippen LogP contribution in [0.3, 0.4) is 0 Å². The summed E-state index contributed by atoms with van der Waals surface area (Å²) in [5, 5.41) is 12.3. The standard InChI is InChI=1S/C17H20N4O4S/c1-21(8-11-4-5-12-14(7-11)25-10-24-12)9-15(22)18-17-20-19-16(26-17)13-3-2-6-23-13/h4-5,7,13H,2-3,6,8-10H2,1H3,(H,18,20,22). The normalized spacial score (nSPS) is 18.5. The number of hydrogen-bond donors (Lipinski definition) is 1. The van der Waals surface area contributed by atoms with E-state index < -0.39 is 0 Å². The van der Waals surface area contributed by atoms with Crippen LogP contribution in [-0.4, -0.2) is 48.0 Å². The zero-order chi connectivity index (χ0) is 17.9. The maximum atomic E-state index is 12.2. The van der Waals surface area contributed by atoms with E-state index in [1.54, 1.807) is 0 Å². The van der Waals surface area contributed by atoms with Crippen LogP contribution in [0.2, 0.25) is 0 Å². The molecule has 138 valence electrons. The Labute approximate surface area is 155 Å². The average molecular weight is 376 g/mol. The Morgan fingerprint density at radius 3 is 3.08 bits per heavy atom. The van der Waals surface area contributed by atoms with Gasteiger partial charge in [-0.2, -0.15) is 0 Å². The number of hydrogen-bond acceptors (Lipinski definition) is 8. The van der Waals surface area contributed by atoms with Gasteiger partial charge in [0.25, 0.3) is 0 Å². The number of likely N-dealkylation sites (N-methyl/N-ethyl adjacent to an activating group) is 1. The summed E-state index contributed by atoms with van der Waals surface area (Å²) in [6.45, 7) is 1.90. The number of benzene rings is 1. The molecule has 1 unspecified atom stereocenters. The van der Waals surface area contributed by atoms with Crippen molar-refractivity contribution >= 4 is 22.4 Å². The predicted octanol–water partition coefficient (Wildman–Crippen LogP) is 2.19. The van der Waals surface area contributed by atoms with E-state index in [0.717, 1.165) is 41.5 Å². The molecule has 1 N–H and O–H groups in total. The number of amides is 1. The van der Waals surface area contributed by atoms with Crippen molar-refractivity contribution in [1.82, 2.24) is 15.1 Å². The number of carbonyl (C=O) groups excluding carboxylic acids is 1. The van der Waals surface area contributed by atoms with Crippen LogP contribution in [-0.2, 0) is 16.1 Å². The highest BCUT2D eigenvalue weighted by Gasteiger charge is 2.22. The largest absolute Gasteiger partial charge is 0.454 e. The molecule has 0 saturated carbocycles. The van der Waals surface area contributed by atoms with Crippen LogP contribution in [0.5, 0.6) is 11.5 Å². The van der Waals surface area contributed by atoms with E-state index in [9.17, 15) is 4.79 Å². The van der Waals surface area contributed by atoms with Gasteiger partial charge in [0.1, 0.15) is 11.1 Å². The Morgan fingerprint density at radius 2 is 2.23 bits per heavy atom. The summed E-state index contributed by atoms with van der Waals surface area (Å²) in [5.41, 5.74) is 1.06. The Morgan fingerprint density at radius 1 is 1.35 bits per heavy atom. The Hall–Kier alpha value is -2.23. The lowest BCUT2D eigenvalue weighted by Gasteiger charge is -2.16. The SMILES string of the molecule is CN(CC(=O)Nc1nnc(C2CCCO2)s1)Cc1ccc2c(c1)OCO2. The molecule has 1 aromatic heterocycles. The molecule has 0 spiro atoms. The maximum Gasteiger partial charge on any atom is 0.240 e. The van der Waals surface area contributed by atoms with Crippen molar-refractivity contribution < 1.29 is 19.0 Å². The lowest BCUT2D eigenvalue weighted by Crippen LogP contribution is -2.29. The van der Waals surface area contributed by atoms with E-state index in [4.69, 9.17) is 14.2 Å². The first-order valence-electron chi connectivity index (χ1n) is 8.49. The molecule has 1 amide bonds. The van der Waals surface area contributed by atoms with Crippen LogP contribution >= 0.6 is 11.3 Å². The first kappa shape index (κ1) is 17.2. The predicted molar refractivity (Wildman–Crippen MR) is 95.4 cm³/mol. The van der Waals surface area contributed by atoms with Crippen LogP contribution < -0.4 is 14.8 Å². The zero-order valence-corrected chi connectivity index (χ0v) is 15.3. The number of ether oxygens (including phenoxy) is 3. The minimum Gasteiger partial charge on any atom is -0.454 e. The number of nitrogens with one attached hydrogen (secondary N) is 1. The van der Waals surface area contributed by atoms with Gasteiger partial charge in [-0.25, -0.2) is 0 Å². The third-order valence-corrected chi connectivity index (χ3v) is 5.13. The van der Waals surface area contributed by atoms with Crippen LogP contribution in [0.25, 0.3) is 0 Å². The summed E-state index contributed by atoms with van der Waals surface area (Å²) in [6, 6.07) is 5.80. The highest BCUT2D eigenvalue weighted by atomic mass is 32.1. The van der Waals surface area contributed by atoms with Gasteiger partial charge in [0.05, 0.1) is 6.54 Å². The summed E-state index contributed by atoms with van der Waals surface area (Å²) >= 11 is 1.37. The minimum atomic E-state index is -0.122. The first-order valence-corrected chi connectivity index (χ1v) is 9.31. The van der Waals surface area contributed by atoms with E-state index >= 15 is 0 Å². The van der Waals surface area contributed by atoms with Crippen LogP contribution in [0, 0.1) is 0 Å². The van der Waals surface area contributed by atoms with E-state index in [-0.39, 0.29) is 25.3 Å². The number of fused-ring (bicyclic) bond motifs is 1. The second-order valence-corrected chi connectivity index (χ2v) is 7.36. The number of carbonyl (C=O) groups is 1. The third-order valence-electron chi connectivity index (χ3n) is 4.20. The molecule has 1 aromatic carbocycles. The quantitative estimate of drug-likeness (QED) is 0.827. The molecule has 1 fully saturated rings. The molecule has 26 heavy (non-hydrogen) atoms. The van der Waals surface area contributed by atoms with Crippen molar-refractivity contribution in [2.24, 2.45) is 0 Å². The van der Waals surface area contributed by atoms with Crippen LogP contribution in [0.15, 0.2) is 18.2 Å². The van der Waals surface area contributed by atoms with Gasteiger partial charge in [-0.15, -0.1) is 10.2 Å². The summed E-state index contributed by atoms with van der Waals surface area (Å²) < 4.78 is 16.3. The molecule has 2 aliphatic heterocycles. The van der Waals surface area contributed by atoms with Gasteiger partial charge in [-0.1, -0.05) is 17.4 Å². The van der Waals surface area contributed by atoms with Crippen molar-refractivity contribution in [2.45, 2.75) is 25.5 Å². The summed E-state index contributed by atoms with van der Waals surface area (Å²) in [4.78, 5) is 14.2. The molecule has 2 aromatic rings. The molecule has 8 nitrogen and oxygen atoms in total. The highest BCUT2D eigenvalue weighted by molar-refractivity contribution is 7.15. The fraction of sp³-hybridized carbons (Fsp3) is 0.471. The second kappa shape index (κ2) is 7.56. The van der Waals surface area contributed by atoms with Gasteiger partial charge in [-0.05, 0) is 37.6 Å². The fourth-order valence-corrected chi connectivity index (χ4v) is 3.84. The smallest absolute Gasteiger partial charge is 0.240 e. The molecule has 4 rings (SSSR count). The van der Waals surface area contributed by atoms with Gasteiger partial charge in [0.15, 0.2) is 11.5 Å². The molecule has 9 heteroatoms. The number of aromatic nitrogens is 2. The monoisotopic (exact) mass is 376 g/mol. The topological polar surface area (TPSA) is 85.8 Å². The highest BCUT2D eigenvalue weighted by Crippen LogP contribution is 2.33. The minimum absolute atomic E-state index is 0.0202. The van der Waals surface area contributed by atoms with E-state index in [1.165, 1.54) is 11.3 Å². The molecule has 1 atom stereocenters. The Balaban J connectivity index is 1.28. The van der Waals surface area contributed by atoms with Gasteiger partial charge in [0, 0.05) is 13.2 Å². The van der Waals surface area contributed by atoms with Gasteiger partial charge < -0.3 is 14.2 Å². The third kappa shape index (κ3) is 3.95. The van der Waals surface area contributed by atoms with Crippen LogP contribution in [0.4, 0.5) is 5.13 Å². The lowest BCUT2D eigenvalue weighted by molar-refractivity contribution is -0.117. The van der Waals surface area contributed by atoms with Crippen LogP contribution in [0.1, 0.15) is 29.5 Å². The van der Waals surface area contributed by atoms with Crippen molar-refractivity contribution in [2.75, 3.05) is 32.3 Å². The van der Waals surface area contributed by atoms with Gasteiger partial charge in [0.2, 0.25) is 17.8 Å². The zero-order valence-electron chi connectivity index (χ0n) is 14.4. The van der Waals surface area contributed by atoms with Crippen molar-refractivity contribution in [3.63, 3.8) is 0 Å². The average Bonchev–Trinajstić information content (AvgIpc) is 3.35.